The SMILES string of the molecule is COC(=O)/C=C1\OC(C)=NC1(C)C. The first-order valence-electron chi connectivity index (χ1n) is 4.00. The molecule has 4 nitrogen and oxygen atoms in total. The molecule has 4 heteroatoms. The number of aliphatic imine (C=N–C) groups is 1. The average molecular weight is 183 g/mol. The largest absolute Gasteiger partial charge is 0.466 e. The zero-order valence-corrected chi connectivity index (χ0v) is 8.25. The lowest BCUT2D eigenvalue weighted by Crippen LogP contribution is -2.17. The molecule has 1 rings (SSSR count). The van der Waals surface area contributed by atoms with Crippen LogP contribution in [0.2, 0.25) is 0 Å². The minimum atomic E-state index is -0.460. The zero-order chi connectivity index (χ0) is 10.1. The Labute approximate surface area is 77.2 Å². The summed E-state index contributed by atoms with van der Waals surface area (Å²) < 4.78 is 9.75. The van der Waals surface area contributed by atoms with Gasteiger partial charge in [-0.05, 0) is 13.8 Å². The van der Waals surface area contributed by atoms with Gasteiger partial charge in [0.15, 0.2) is 5.90 Å². The zero-order valence-electron chi connectivity index (χ0n) is 8.25. The first-order chi connectivity index (χ1) is 5.95. The number of carbonyl (C=O) groups excluding carboxylic acids is 1. The Morgan fingerprint density at radius 2 is 2.23 bits per heavy atom. The molecule has 0 saturated carbocycles. The molecule has 0 unspecified atom stereocenters. The van der Waals surface area contributed by atoms with Gasteiger partial charge in [-0.15, -0.1) is 0 Å². The standard InChI is InChI=1S/C9H13NO3/c1-6-10-9(2,3)7(13-6)5-8(11)12-4/h5H,1-4H3/b7-5-. The average Bonchev–Trinajstić information content (AvgIpc) is 2.24. The summed E-state index contributed by atoms with van der Waals surface area (Å²) in [4.78, 5) is 15.1. The number of esters is 1. The minimum Gasteiger partial charge on any atom is -0.466 e. The second-order valence-electron chi connectivity index (χ2n) is 3.32. The summed E-state index contributed by atoms with van der Waals surface area (Å²) in [5, 5.41) is 0. The number of carbonyl (C=O) groups is 1. The third-order valence-electron chi connectivity index (χ3n) is 1.75. The smallest absolute Gasteiger partial charge is 0.333 e. The van der Waals surface area contributed by atoms with Crippen LogP contribution in [0.5, 0.6) is 0 Å². The summed E-state index contributed by atoms with van der Waals surface area (Å²) in [6.45, 7) is 5.50. The van der Waals surface area contributed by atoms with Gasteiger partial charge >= 0.3 is 5.97 Å². The molecule has 0 aromatic heterocycles. The molecule has 1 heterocycles. The second kappa shape index (κ2) is 3.20. The van der Waals surface area contributed by atoms with E-state index >= 15 is 0 Å². The minimum absolute atomic E-state index is 0.423. The quantitative estimate of drug-likeness (QED) is 0.454. The van der Waals surface area contributed by atoms with Crippen LogP contribution in [0.25, 0.3) is 0 Å². The topological polar surface area (TPSA) is 47.9 Å². The number of rotatable bonds is 1. The predicted octanol–water partition coefficient (Wildman–Crippen LogP) is 1.27. The number of hydrogen-bond acceptors (Lipinski definition) is 4. The maximum absolute atomic E-state index is 10.9. The lowest BCUT2D eigenvalue weighted by molar-refractivity contribution is -0.135. The highest BCUT2D eigenvalue weighted by Gasteiger charge is 2.31. The summed E-state index contributed by atoms with van der Waals surface area (Å²) in [5.74, 6) is 0.671. The summed E-state index contributed by atoms with van der Waals surface area (Å²) >= 11 is 0. The highest BCUT2D eigenvalue weighted by atomic mass is 16.5. The Morgan fingerprint density at radius 1 is 1.62 bits per heavy atom. The van der Waals surface area contributed by atoms with Crippen molar-refractivity contribution in [2.45, 2.75) is 26.3 Å². The Balaban J connectivity index is 2.86. The van der Waals surface area contributed by atoms with E-state index in [1.54, 1.807) is 6.92 Å². The van der Waals surface area contributed by atoms with Crippen LogP contribution >= 0.6 is 0 Å². The van der Waals surface area contributed by atoms with E-state index in [4.69, 9.17) is 4.74 Å². The van der Waals surface area contributed by atoms with Crippen LogP contribution in [-0.4, -0.2) is 24.5 Å². The third-order valence-corrected chi connectivity index (χ3v) is 1.75. The fourth-order valence-corrected chi connectivity index (χ4v) is 1.13. The highest BCUT2D eigenvalue weighted by molar-refractivity contribution is 5.85. The van der Waals surface area contributed by atoms with Gasteiger partial charge in [0.2, 0.25) is 0 Å². The molecule has 0 aromatic carbocycles. The van der Waals surface area contributed by atoms with Crippen molar-refractivity contribution in [3.63, 3.8) is 0 Å². The lowest BCUT2D eigenvalue weighted by atomic mass is 10.0. The second-order valence-corrected chi connectivity index (χ2v) is 3.32. The molecule has 1 aliphatic heterocycles. The molecule has 0 atom stereocenters. The molecule has 0 bridgehead atoms. The summed E-state index contributed by atoms with van der Waals surface area (Å²) in [5.41, 5.74) is -0.460. The van der Waals surface area contributed by atoms with E-state index in [0.29, 0.717) is 11.7 Å². The molecule has 0 spiro atoms. The van der Waals surface area contributed by atoms with Crippen molar-refractivity contribution in [3.05, 3.63) is 11.8 Å². The van der Waals surface area contributed by atoms with Crippen LogP contribution in [0.3, 0.4) is 0 Å². The van der Waals surface area contributed by atoms with E-state index in [0.717, 1.165) is 0 Å². The molecule has 13 heavy (non-hydrogen) atoms. The van der Waals surface area contributed by atoms with Gasteiger partial charge in [0.05, 0.1) is 13.2 Å². The molecular formula is C9H13NO3. The first-order valence-corrected chi connectivity index (χ1v) is 4.00. The molecule has 0 aliphatic carbocycles. The molecule has 0 saturated heterocycles. The van der Waals surface area contributed by atoms with Crippen molar-refractivity contribution < 1.29 is 14.3 Å². The van der Waals surface area contributed by atoms with Crippen molar-refractivity contribution in [2.75, 3.05) is 7.11 Å². The van der Waals surface area contributed by atoms with Gasteiger partial charge < -0.3 is 9.47 Å². The summed E-state index contributed by atoms with van der Waals surface area (Å²) in [6, 6.07) is 0. The molecule has 0 radical (unpaired) electrons. The number of methoxy groups -OCH3 is 1. The van der Waals surface area contributed by atoms with Crippen LogP contribution < -0.4 is 0 Å². The van der Waals surface area contributed by atoms with Gasteiger partial charge in [0, 0.05) is 6.92 Å². The first kappa shape index (κ1) is 9.77. The number of ether oxygens (including phenoxy) is 2. The van der Waals surface area contributed by atoms with Gasteiger partial charge in [0.1, 0.15) is 11.3 Å². The number of nitrogens with zero attached hydrogens (tertiary/aromatic N) is 1. The van der Waals surface area contributed by atoms with Crippen molar-refractivity contribution in [1.82, 2.24) is 0 Å². The van der Waals surface area contributed by atoms with E-state index in [1.165, 1.54) is 13.2 Å². The number of hydrogen-bond donors (Lipinski definition) is 0. The third kappa shape index (κ3) is 2.08. The Hall–Kier alpha value is -1.32. The van der Waals surface area contributed by atoms with Crippen LogP contribution in [0.1, 0.15) is 20.8 Å². The van der Waals surface area contributed by atoms with Crippen LogP contribution in [0.15, 0.2) is 16.8 Å². The van der Waals surface area contributed by atoms with Crippen molar-refractivity contribution in [2.24, 2.45) is 4.99 Å². The van der Waals surface area contributed by atoms with Gasteiger partial charge in [-0.25, -0.2) is 9.79 Å². The van der Waals surface area contributed by atoms with Crippen molar-refractivity contribution in [1.29, 1.82) is 0 Å². The monoisotopic (exact) mass is 183 g/mol. The molecule has 1 aliphatic rings. The van der Waals surface area contributed by atoms with E-state index in [2.05, 4.69) is 9.73 Å². The maximum Gasteiger partial charge on any atom is 0.333 e. The van der Waals surface area contributed by atoms with Gasteiger partial charge in [-0.1, -0.05) is 0 Å². The molecule has 0 amide bonds. The van der Waals surface area contributed by atoms with E-state index in [1.807, 2.05) is 13.8 Å². The lowest BCUT2D eigenvalue weighted by Gasteiger charge is -2.13. The maximum atomic E-state index is 10.9. The summed E-state index contributed by atoms with van der Waals surface area (Å²) in [7, 11) is 1.33. The molecule has 72 valence electrons. The van der Waals surface area contributed by atoms with Crippen molar-refractivity contribution in [3.8, 4) is 0 Å². The van der Waals surface area contributed by atoms with Crippen molar-refractivity contribution >= 4 is 11.9 Å². The normalized spacial score (nSPS) is 22.5. The van der Waals surface area contributed by atoms with Crippen LogP contribution in [0.4, 0.5) is 0 Å². The molecule has 0 aromatic rings. The van der Waals surface area contributed by atoms with Gasteiger partial charge in [0.25, 0.3) is 0 Å². The molecule has 0 N–H and O–H groups in total. The molecule has 0 fully saturated rings. The Bertz CT molecular complexity index is 289. The van der Waals surface area contributed by atoms with E-state index in [-0.39, 0.29) is 0 Å². The van der Waals surface area contributed by atoms with Gasteiger partial charge in [-0.3, -0.25) is 0 Å². The highest BCUT2D eigenvalue weighted by Crippen LogP contribution is 2.28. The van der Waals surface area contributed by atoms with Crippen LogP contribution in [-0.2, 0) is 14.3 Å². The Kier molecular flexibility index (Phi) is 2.40. The predicted molar refractivity (Wildman–Crippen MR) is 48.4 cm³/mol. The van der Waals surface area contributed by atoms with Gasteiger partial charge in [-0.2, -0.15) is 0 Å². The fourth-order valence-electron chi connectivity index (χ4n) is 1.13. The summed E-state index contributed by atoms with van der Waals surface area (Å²) in [6.07, 6.45) is 1.32. The molecular weight excluding hydrogens is 170 g/mol. The fraction of sp³-hybridized carbons (Fsp3) is 0.556. The van der Waals surface area contributed by atoms with E-state index < -0.39 is 11.5 Å². The van der Waals surface area contributed by atoms with E-state index in [9.17, 15) is 4.79 Å². The Morgan fingerprint density at radius 3 is 2.62 bits per heavy atom. The van der Waals surface area contributed by atoms with Crippen LogP contribution in [0, 0.1) is 0 Å².